The van der Waals surface area contributed by atoms with Gasteiger partial charge in [0.25, 0.3) is 0 Å². The van der Waals surface area contributed by atoms with Crippen molar-refractivity contribution in [3.8, 4) is 17.5 Å². The molecule has 2 N–H and O–H groups in total. The second-order valence-electron chi connectivity index (χ2n) is 3.99. The highest BCUT2D eigenvalue weighted by molar-refractivity contribution is 5.69. The number of hydrogen-bond acceptors (Lipinski definition) is 4. The number of fused-ring (bicyclic) bond motifs is 1. The Kier molecular flexibility index (Phi) is 2.39. The second kappa shape index (κ2) is 4.07. The Labute approximate surface area is 107 Å². The molecule has 0 atom stereocenters. The molecule has 5 nitrogen and oxygen atoms in total. The van der Waals surface area contributed by atoms with Crippen molar-refractivity contribution in [2.45, 2.75) is 0 Å². The highest BCUT2D eigenvalue weighted by Crippen LogP contribution is 2.24. The van der Waals surface area contributed by atoms with Gasteiger partial charge in [0.2, 0.25) is 0 Å². The lowest BCUT2D eigenvalue weighted by Gasteiger charge is -2.05. The first-order chi connectivity index (χ1) is 9.19. The third kappa shape index (κ3) is 1.77. The number of nitrogens with two attached hydrogens (primary N) is 1. The van der Waals surface area contributed by atoms with Crippen molar-refractivity contribution in [2.75, 3.05) is 5.73 Å². The lowest BCUT2D eigenvalue weighted by Crippen LogP contribution is -2.00. The lowest BCUT2D eigenvalue weighted by atomic mass is 10.1. The fraction of sp³-hybridized carbons (Fsp3) is 0. The summed E-state index contributed by atoms with van der Waals surface area (Å²) in [7, 11) is 0. The van der Waals surface area contributed by atoms with Crippen molar-refractivity contribution in [3.05, 3.63) is 48.0 Å². The molecule has 0 aliphatic carbocycles. The van der Waals surface area contributed by atoms with E-state index < -0.39 is 5.82 Å². The third-order valence-corrected chi connectivity index (χ3v) is 2.78. The van der Waals surface area contributed by atoms with E-state index in [4.69, 9.17) is 11.0 Å². The summed E-state index contributed by atoms with van der Waals surface area (Å²) in [6.45, 7) is 0. The molecule has 1 aromatic carbocycles. The Morgan fingerprint density at radius 3 is 3.00 bits per heavy atom. The van der Waals surface area contributed by atoms with E-state index >= 15 is 0 Å². The minimum atomic E-state index is -0.623. The van der Waals surface area contributed by atoms with Crippen molar-refractivity contribution < 1.29 is 4.39 Å². The number of nitriles is 1. The molecule has 0 bridgehead atoms. The van der Waals surface area contributed by atoms with Gasteiger partial charge in [0, 0.05) is 11.8 Å². The molecule has 0 aliphatic rings. The molecule has 6 heteroatoms. The molecule has 92 valence electrons. The molecule has 0 saturated heterocycles. The normalized spacial score (nSPS) is 10.5. The van der Waals surface area contributed by atoms with Crippen molar-refractivity contribution in [1.29, 1.82) is 5.26 Å². The van der Waals surface area contributed by atoms with Crippen LogP contribution in [0.4, 0.5) is 10.1 Å². The summed E-state index contributed by atoms with van der Waals surface area (Å²) in [5.74, 6) is -0.297. The summed E-state index contributed by atoms with van der Waals surface area (Å²) in [5, 5.41) is 13.3. The van der Waals surface area contributed by atoms with Gasteiger partial charge in [0.05, 0.1) is 23.0 Å². The van der Waals surface area contributed by atoms with Crippen LogP contribution in [0, 0.1) is 17.1 Å². The largest absolute Gasteiger partial charge is 0.396 e. The Morgan fingerprint density at radius 1 is 1.37 bits per heavy atom. The molecule has 0 amide bonds. The van der Waals surface area contributed by atoms with Gasteiger partial charge in [-0.05, 0) is 24.3 Å². The zero-order valence-corrected chi connectivity index (χ0v) is 9.71. The van der Waals surface area contributed by atoms with Gasteiger partial charge in [-0.3, -0.25) is 0 Å². The van der Waals surface area contributed by atoms with Crippen LogP contribution >= 0.6 is 0 Å². The molecule has 0 unspecified atom stereocenters. The van der Waals surface area contributed by atoms with Crippen LogP contribution in [0.1, 0.15) is 5.56 Å². The molecule has 0 fully saturated rings. The van der Waals surface area contributed by atoms with Gasteiger partial charge in [-0.15, -0.1) is 5.10 Å². The molecule has 0 spiro atoms. The first-order valence-electron chi connectivity index (χ1n) is 5.49. The quantitative estimate of drug-likeness (QED) is 0.672. The molecular weight excluding hydrogens is 245 g/mol. The third-order valence-electron chi connectivity index (χ3n) is 2.78. The van der Waals surface area contributed by atoms with Crippen molar-refractivity contribution in [2.24, 2.45) is 0 Å². The van der Waals surface area contributed by atoms with Crippen LogP contribution < -0.4 is 5.73 Å². The van der Waals surface area contributed by atoms with Crippen LogP contribution in [0.15, 0.2) is 36.7 Å². The average Bonchev–Trinajstić information content (AvgIpc) is 2.88. The number of halogens is 1. The van der Waals surface area contributed by atoms with E-state index in [-0.39, 0.29) is 11.3 Å². The highest BCUT2D eigenvalue weighted by atomic mass is 19.1. The van der Waals surface area contributed by atoms with Gasteiger partial charge in [-0.2, -0.15) is 5.26 Å². The lowest BCUT2D eigenvalue weighted by molar-refractivity contribution is 0.632. The highest BCUT2D eigenvalue weighted by Gasteiger charge is 2.12. The van der Waals surface area contributed by atoms with E-state index in [1.807, 2.05) is 18.2 Å². The average molecular weight is 253 g/mol. The molecule has 3 aromatic rings. The van der Waals surface area contributed by atoms with E-state index in [9.17, 15) is 4.39 Å². The smallest absolute Gasteiger partial charge is 0.181 e. The van der Waals surface area contributed by atoms with E-state index in [0.29, 0.717) is 11.4 Å². The first-order valence-corrected chi connectivity index (χ1v) is 5.49. The maximum absolute atomic E-state index is 13.3. The van der Waals surface area contributed by atoms with Gasteiger partial charge >= 0.3 is 0 Å². The Hall–Kier alpha value is -2.94. The Bertz CT molecular complexity index is 816. The standard InChI is InChI=1S/C13H8FN5/c14-11-4-8(6-15)10(5-12(11)16)13-17-7-9-2-1-3-19(9)18-13/h1-5,7H,16H2. The Morgan fingerprint density at radius 2 is 2.21 bits per heavy atom. The zero-order chi connectivity index (χ0) is 13.4. The molecule has 3 rings (SSSR count). The van der Waals surface area contributed by atoms with Gasteiger partial charge in [-0.25, -0.2) is 13.9 Å². The number of rotatable bonds is 1. The van der Waals surface area contributed by atoms with E-state index in [1.165, 1.54) is 6.07 Å². The topological polar surface area (TPSA) is 80.0 Å². The summed E-state index contributed by atoms with van der Waals surface area (Å²) in [6.07, 6.45) is 3.39. The molecule has 0 saturated carbocycles. The van der Waals surface area contributed by atoms with E-state index in [0.717, 1.165) is 11.6 Å². The number of hydrogen-bond donors (Lipinski definition) is 1. The van der Waals surface area contributed by atoms with Gasteiger partial charge < -0.3 is 5.73 Å². The fourth-order valence-corrected chi connectivity index (χ4v) is 1.82. The predicted octanol–water partition coefficient (Wildman–Crippen LogP) is 1.99. The first kappa shape index (κ1) is 11.2. The van der Waals surface area contributed by atoms with Gasteiger partial charge in [0.1, 0.15) is 11.9 Å². The van der Waals surface area contributed by atoms with Crippen LogP contribution in [-0.4, -0.2) is 14.6 Å². The maximum atomic E-state index is 13.3. The van der Waals surface area contributed by atoms with Crippen LogP contribution in [0.25, 0.3) is 16.9 Å². The number of aromatic nitrogens is 3. The SMILES string of the molecule is N#Cc1cc(F)c(N)cc1-c1ncc2cccn2n1. The zero-order valence-electron chi connectivity index (χ0n) is 9.71. The van der Waals surface area contributed by atoms with Crippen molar-refractivity contribution in [3.63, 3.8) is 0 Å². The summed E-state index contributed by atoms with van der Waals surface area (Å²) in [5.41, 5.74) is 6.89. The molecular formula is C13H8FN5. The number of nitrogens with zero attached hydrogens (tertiary/aromatic N) is 4. The van der Waals surface area contributed by atoms with Gasteiger partial charge in [0.15, 0.2) is 5.82 Å². The maximum Gasteiger partial charge on any atom is 0.181 e. The Balaban J connectivity index is 2.25. The van der Waals surface area contributed by atoms with Crippen LogP contribution in [0.3, 0.4) is 0 Å². The molecule has 0 aliphatic heterocycles. The van der Waals surface area contributed by atoms with Crippen molar-refractivity contribution >= 4 is 11.2 Å². The van der Waals surface area contributed by atoms with Gasteiger partial charge in [-0.1, -0.05) is 0 Å². The summed E-state index contributed by atoms with van der Waals surface area (Å²) >= 11 is 0. The number of anilines is 1. The van der Waals surface area contributed by atoms with Crippen LogP contribution in [0.2, 0.25) is 0 Å². The summed E-state index contributed by atoms with van der Waals surface area (Å²) in [6, 6.07) is 8.07. The minimum Gasteiger partial charge on any atom is -0.396 e. The van der Waals surface area contributed by atoms with Crippen molar-refractivity contribution in [1.82, 2.24) is 14.6 Å². The molecule has 2 heterocycles. The van der Waals surface area contributed by atoms with E-state index in [1.54, 1.807) is 16.9 Å². The summed E-state index contributed by atoms with van der Waals surface area (Å²) < 4.78 is 15.0. The summed E-state index contributed by atoms with van der Waals surface area (Å²) in [4.78, 5) is 4.17. The molecule has 0 radical (unpaired) electrons. The number of nitrogen functional groups attached to an aromatic ring is 1. The molecule has 2 aromatic heterocycles. The minimum absolute atomic E-state index is 0.0368. The number of benzene rings is 1. The predicted molar refractivity (Wildman–Crippen MR) is 67.5 cm³/mol. The van der Waals surface area contributed by atoms with Crippen LogP contribution in [0.5, 0.6) is 0 Å². The monoisotopic (exact) mass is 253 g/mol. The van der Waals surface area contributed by atoms with E-state index in [2.05, 4.69) is 10.1 Å². The fourth-order valence-electron chi connectivity index (χ4n) is 1.82. The van der Waals surface area contributed by atoms with Crippen LogP contribution in [-0.2, 0) is 0 Å². The molecule has 19 heavy (non-hydrogen) atoms. The second-order valence-corrected chi connectivity index (χ2v) is 3.99.